The molecule has 3 amide bonds. The number of unbranched alkanes of at least 4 members (excludes halogenated alkanes) is 2. The van der Waals surface area contributed by atoms with Gasteiger partial charge in [0.1, 0.15) is 6.54 Å². The smallest absolute Gasteiger partial charge is 0.324 e. The number of urea groups is 1. The van der Waals surface area contributed by atoms with Gasteiger partial charge in [-0.15, -0.1) is 0 Å². The number of nitrogens with zero attached hydrogens (tertiary/aromatic N) is 1. The number of hydrazine groups is 1. The Hall–Kier alpha value is -2.23. The van der Waals surface area contributed by atoms with E-state index >= 15 is 0 Å². The Morgan fingerprint density at radius 3 is 2.70 bits per heavy atom. The summed E-state index contributed by atoms with van der Waals surface area (Å²) in [7, 11) is 0. The molecule has 0 bridgehead atoms. The summed E-state index contributed by atoms with van der Waals surface area (Å²) < 4.78 is 19.8. The lowest BCUT2D eigenvalue weighted by molar-refractivity contribution is -0.118. The van der Waals surface area contributed by atoms with Gasteiger partial charge >= 0.3 is 6.03 Å². The van der Waals surface area contributed by atoms with Crippen LogP contribution in [-0.4, -0.2) is 56.2 Å². The minimum Gasteiger partial charge on any atom is -0.490 e. The third-order valence-electron chi connectivity index (χ3n) is 5.93. The quantitative estimate of drug-likeness (QED) is 0.231. The minimum absolute atomic E-state index is 0.165. The Bertz CT molecular complexity index is 782. The van der Waals surface area contributed by atoms with Gasteiger partial charge in [0.15, 0.2) is 11.6 Å². The first-order valence-electron chi connectivity index (χ1n) is 10.8. The molecule has 3 aliphatic rings. The molecule has 0 unspecified atom stereocenters. The highest BCUT2D eigenvalue weighted by Gasteiger charge is 2.39. The van der Waals surface area contributed by atoms with E-state index < -0.39 is 0 Å². The molecule has 1 aliphatic carbocycles. The highest BCUT2D eigenvalue weighted by molar-refractivity contribution is 6.01. The van der Waals surface area contributed by atoms with Crippen LogP contribution in [0.3, 0.4) is 0 Å². The van der Waals surface area contributed by atoms with Crippen LogP contribution in [0.5, 0.6) is 5.75 Å². The highest BCUT2D eigenvalue weighted by Crippen LogP contribution is 2.32. The fourth-order valence-electron chi connectivity index (χ4n) is 3.73. The van der Waals surface area contributed by atoms with Crippen LogP contribution in [0.4, 0.5) is 9.18 Å². The Kier molecular flexibility index (Phi) is 6.50. The van der Waals surface area contributed by atoms with Crippen molar-refractivity contribution >= 4 is 11.9 Å². The van der Waals surface area contributed by atoms with Crippen molar-refractivity contribution in [1.29, 1.82) is 0 Å². The van der Waals surface area contributed by atoms with Crippen LogP contribution in [0.15, 0.2) is 18.2 Å². The van der Waals surface area contributed by atoms with E-state index in [1.165, 1.54) is 18.9 Å². The third kappa shape index (κ3) is 5.08. The molecule has 4 rings (SSSR count). The zero-order valence-corrected chi connectivity index (χ0v) is 17.1. The second kappa shape index (κ2) is 9.28. The van der Waals surface area contributed by atoms with Crippen molar-refractivity contribution in [2.24, 2.45) is 5.92 Å². The Balaban J connectivity index is 1.19. The van der Waals surface area contributed by atoms with E-state index in [-0.39, 0.29) is 29.8 Å². The van der Waals surface area contributed by atoms with Crippen LogP contribution < -0.4 is 26.2 Å². The molecular weight excluding hydrogens is 389 g/mol. The largest absolute Gasteiger partial charge is 0.490 e. The van der Waals surface area contributed by atoms with Crippen LogP contribution in [0.25, 0.3) is 0 Å². The first-order valence-corrected chi connectivity index (χ1v) is 10.8. The number of carbonyl (C=O) groups is 2. The fourth-order valence-corrected chi connectivity index (χ4v) is 3.73. The van der Waals surface area contributed by atoms with E-state index in [2.05, 4.69) is 21.5 Å². The summed E-state index contributed by atoms with van der Waals surface area (Å²) >= 11 is 0. The molecule has 1 aromatic rings. The summed E-state index contributed by atoms with van der Waals surface area (Å²) in [5, 5.41) is 5.57. The van der Waals surface area contributed by atoms with E-state index in [0.717, 1.165) is 44.5 Å². The molecule has 9 heteroatoms. The van der Waals surface area contributed by atoms with Crippen molar-refractivity contribution in [3.8, 4) is 5.75 Å². The molecule has 1 saturated carbocycles. The van der Waals surface area contributed by atoms with Crippen LogP contribution in [0, 0.1) is 11.7 Å². The molecule has 30 heavy (non-hydrogen) atoms. The number of rotatable bonds is 12. The van der Waals surface area contributed by atoms with Crippen LogP contribution >= 0.6 is 0 Å². The van der Waals surface area contributed by atoms with Gasteiger partial charge in [-0.05, 0) is 49.3 Å². The van der Waals surface area contributed by atoms with Gasteiger partial charge in [0.2, 0.25) is 5.91 Å². The molecule has 8 nitrogen and oxygen atoms in total. The number of nitrogens with one attached hydrogen (secondary N) is 4. The predicted octanol–water partition coefficient (Wildman–Crippen LogP) is 1.23. The number of benzene rings is 1. The highest BCUT2D eigenvalue weighted by atomic mass is 19.1. The summed E-state index contributed by atoms with van der Waals surface area (Å²) in [5.41, 5.74) is 7.43. The summed E-state index contributed by atoms with van der Waals surface area (Å²) in [6, 6.07) is 4.82. The van der Waals surface area contributed by atoms with Crippen LogP contribution in [0.2, 0.25) is 0 Å². The van der Waals surface area contributed by atoms with E-state index in [0.29, 0.717) is 24.8 Å². The Labute approximate surface area is 175 Å². The maximum absolute atomic E-state index is 14.1. The second-order valence-corrected chi connectivity index (χ2v) is 8.47. The molecule has 0 radical (unpaired) electrons. The van der Waals surface area contributed by atoms with Crippen molar-refractivity contribution in [3.63, 3.8) is 0 Å². The molecule has 0 spiro atoms. The lowest BCUT2D eigenvalue weighted by atomic mass is 9.85. The Morgan fingerprint density at radius 1 is 1.20 bits per heavy atom. The predicted molar refractivity (Wildman–Crippen MR) is 109 cm³/mol. The molecule has 1 aromatic carbocycles. The van der Waals surface area contributed by atoms with Gasteiger partial charge in [-0.2, -0.15) is 0 Å². The van der Waals surface area contributed by atoms with Gasteiger partial charge in [0.25, 0.3) is 0 Å². The zero-order valence-electron chi connectivity index (χ0n) is 17.1. The van der Waals surface area contributed by atoms with Crippen molar-refractivity contribution in [2.75, 3.05) is 39.3 Å². The van der Waals surface area contributed by atoms with Crippen LogP contribution in [-0.2, 0) is 10.3 Å². The maximum Gasteiger partial charge on any atom is 0.324 e. The number of carbonyl (C=O) groups excluding carboxylic acids is 2. The lowest BCUT2D eigenvalue weighted by Gasteiger charge is -2.44. The summed E-state index contributed by atoms with van der Waals surface area (Å²) in [6.45, 7) is 3.64. The second-order valence-electron chi connectivity index (χ2n) is 8.47. The van der Waals surface area contributed by atoms with Crippen molar-refractivity contribution < 1.29 is 18.7 Å². The van der Waals surface area contributed by atoms with Crippen molar-refractivity contribution in [3.05, 3.63) is 29.6 Å². The number of hydrogen-bond donors (Lipinski definition) is 4. The first-order chi connectivity index (χ1) is 14.6. The summed E-state index contributed by atoms with van der Waals surface area (Å²) in [6.07, 6.45) is 5.09. The average molecular weight is 420 g/mol. The van der Waals surface area contributed by atoms with Gasteiger partial charge in [-0.3, -0.25) is 15.5 Å². The van der Waals surface area contributed by atoms with Gasteiger partial charge in [0.05, 0.1) is 12.1 Å². The molecule has 2 saturated heterocycles. The summed E-state index contributed by atoms with van der Waals surface area (Å²) in [5.74, 6) is 0.361. The number of halogens is 1. The monoisotopic (exact) mass is 419 g/mol. The molecule has 164 valence electrons. The molecule has 0 atom stereocenters. The van der Waals surface area contributed by atoms with Crippen molar-refractivity contribution in [1.82, 2.24) is 26.4 Å². The van der Waals surface area contributed by atoms with Crippen molar-refractivity contribution in [2.45, 2.75) is 37.6 Å². The van der Waals surface area contributed by atoms with E-state index in [1.54, 1.807) is 4.90 Å². The zero-order chi connectivity index (χ0) is 21.0. The number of amides is 3. The summed E-state index contributed by atoms with van der Waals surface area (Å²) in [4.78, 5) is 24.2. The number of ether oxygens (including phenoxy) is 1. The first kappa shape index (κ1) is 21.0. The topological polar surface area (TPSA) is 94.7 Å². The SMILES string of the molecule is O=C1CN(CCCCCNNC2(c3ccc(F)c(OCC4CC4)c3)CNC2)C(=O)N1. The molecule has 2 heterocycles. The molecule has 4 N–H and O–H groups in total. The van der Waals surface area contributed by atoms with E-state index in [4.69, 9.17) is 4.74 Å². The average Bonchev–Trinajstić information content (AvgIpc) is 3.46. The standard InChI is InChI=1S/C21H30FN5O3/c22-17-7-6-16(10-18(17)30-12-15-4-5-15)21(13-23-14-21)26-24-8-2-1-3-9-27-11-19(28)25-20(27)29/h6-7,10,15,23-24,26H,1-5,8-9,11-14H2,(H,25,28,29). The van der Waals surface area contributed by atoms with Gasteiger partial charge in [-0.25, -0.2) is 14.6 Å². The fraction of sp³-hybridized carbons (Fsp3) is 0.619. The molecular formula is C21H30FN5O3. The minimum atomic E-state index is -0.317. The van der Waals surface area contributed by atoms with E-state index in [1.807, 2.05) is 12.1 Å². The Morgan fingerprint density at radius 2 is 2.03 bits per heavy atom. The molecule has 2 aliphatic heterocycles. The number of hydrogen-bond acceptors (Lipinski definition) is 6. The lowest BCUT2D eigenvalue weighted by Crippen LogP contribution is -2.68. The van der Waals surface area contributed by atoms with Gasteiger partial charge in [0, 0.05) is 26.2 Å². The van der Waals surface area contributed by atoms with Gasteiger partial charge < -0.3 is 15.0 Å². The molecule has 3 fully saturated rings. The molecule has 0 aromatic heterocycles. The normalized spacial score (nSPS) is 20.2. The van der Waals surface area contributed by atoms with E-state index in [9.17, 15) is 14.0 Å². The van der Waals surface area contributed by atoms with Gasteiger partial charge in [-0.1, -0.05) is 12.5 Å². The number of imide groups is 1. The van der Waals surface area contributed by atoms with Crippen LogP contribution in [0.1, 0.15) is 37.7 Å². The maximum atomic E-state index is 14.1. The third-order valence-corrected chi connectivity index (χ3v) is 5.93.